The number of fused-ring (bicyclic) bond motifs is 6. The van der Waals surface area contributed by atoms with Crippen LogP contribution in [0.3, 0.4) is 0 Å². The standard InChI is InChI=1S/2C11H8N2/c1-2-5-9-8(4-1)11-10(13-9)6-3-7-12-11;1-2-4-10-8(3-1)9-7-12-6-5-11(9)13-10/h2*1-7,13H. The Morgan fingerprint density at radius 3 is 2.08 bits per heavy atom. The van der Waals surface area contributed by atoms with E-state index in [2.05, 4.69) is 44.2 Å². The molecule has 4 heterocycles. The summed E-state index contributed by atoms with van der Waals surface area (Å²) in [5.74, 6) is 0. The molecule has 6 rings (SSSR count). The highest BCUT2D eigenvalue weighted by Crippen LogP contribution is 2.23. The third kappa shape index (κ3) is 2.40. The van der Waals surface area contributed by atoms with Gasteiger partial charge in [0.1, 0.15) is 0 Å². The predicted molar refractivity (Wildman–Crippen MR) is 107 cm³/mol. The fraction of sp³-hybridized carbons (Fsp3) is 0. The van der Waals surface area contributed by atoms with Crippen molar-refractivity contribution in [3.8, 4) is 0 Å². The first kappa shape index (κ1) is 14.7. The van der Waals surface area contributed by atoms with E-state index in [0.717, 1.165) is 22.1 Å². The molecule has 0 spiro atoms. The van der Waals surface area contributed by atoms with Gasteiger partial charge in [0, 0.05) is 51.3 Å². The number of aromatic amines is 2. The molecule has 2 aromatic carbocycles. The zero-order valence-electron chi connectivity index (χ0n) is 14.0. The number of rotatable bonds is 0. The number of para-hydroxylation sites is 2. The number of H-pyrrole nitrogens is 2. The van der Waals surface area contributed by atoms with E-state index >= 15 is 0 Å². The van der Waals surface area contributed by atoms with Crippen molar-refractivity contribution >= 4 is 43.7 Å². The van der Waals surface area contributed by atoms with Crippen molar-refractivity contribution in [1.29, 1.82) is 0 Å². The minimum Gasteiger partial charge on any atom is -0.354 e. The molecule has 0 saturated carbocycles. The Hall–Kier alpha value is -3.66. The Morgan fingerprint density at radius 1 is 0.538 bits per heavy atom. The molecule has 2 N–H and O–H groups in total. The number of hydrogen-bond donors (Lipinski definition) is 2. The molecule has 124 valence electrons. The van der Waals surface area contributed by atoms with Crippen LogP contribution in [0.4, 0.5) is 0 Å². The fourth-order valence-corrected chi connectivity index (χ4v) is 3.35. The fourth-order valence-electron chi connectivity index (χ4n) is 3.35. The molecule has 0 aliphatic heterocycles. The number of pyridine rings is 2. The minimum atomic E-state index is 1.05. The van der Waals surface area contributed by atoms with E-state index in [1.165, 1.54) is 21.7 Å². The molecule has 4 nitrogen and oxygen atoms in total. The number of benzene rings is 2. The second-order valence-corrected chi connectivity index (χ2v) is 6.16. The van der Waals surface area contributed by atoms with E-state index in [-0.39, 0.29) is 0 Å². The van der Waals surface area contributed by atoms with E-state index in [0.29, 0.717) is 0 Å². The van der Waals surface area contributed by atoms with Gasteiger partial charge >= 0.3 is 0 Å². The molecule has 0 radical (unpaired) electrons. The van der Waals surface area contributed by atoms with E-state index in [4.69, 9.17) is 0 Å². The van der Waals surface area contributed by atoms with Crippen LogP contribution < -0.4 is 0 Å². The molecule has 26 heavy (non-hydrogen) atoms. The third-order valence-electron chi connectivity index (χ3n) is 4.57. The lowest BCUT2D eigenvalue weighted by atomic mass is 10.2. The van der Waals surface area contributed by atoms with Crippen molar-refractivity contribution in [2.24, 2.45) is 0 Å². The molecular formula is C22H16N4. The first-order valence-corrected chi connectivity index (χ1v) is 8.52. The second-order valence-electron chi connectivity index (χ2n) is 6.16. The average Bonchev–Trinajstić information content (AvgIpc) is 3.27. The summed E-state index contributed by atoms with van der Waals surface area (Å²) in [5, 5.41) is 3.63. The Balaban J connectivity index is 0.000000115. The van der Waals surface area contributed by atoms with Crippen molar-refractivity contribution < 1.29 is 0 Å². The van der Waals surface area contributed by atoms with Crippen molar-refractivity contribution in [2.45, 2.75) is 0 Å². The molecule has 0 aliphatic rings. The maximum Gasteiger partial charge on any atom is 0.0957 e. The quantitative estimate of drug-likeness (QED) is 0.388. The van der Waals surface area contributed by atoms with Crippen molar-refractivity contribution in [3.05, 3.63) is 85.3 Å². The molecule has 6 aromatic rings. The van der Waals surface area contributed by atoms with Gasteiger partial charge in [0.05, 0.1) is 11.0 Å². The highest BCUT2D eigenvalue weighted by molar-refractivity contribution is 6.06. The molecule has 4 heteroatoms. The van der Waals surface area contributed by atoms with Gasteiger partial charge in [0.15, 0.2) is 0 Å². The first-order chi connectivity index (χ1) is 12.9. The lowest BCUT2D eigenvalue weighted by molar-refractivity contribution is 1.36. The van der Waals surface area contributed by atoms with Crippen LogP contribution in [0.2, 0.25) is 0 Å². The maximum absolute atomic E-state index is 4.34. The van der Waals surface area contributed by atoms with Crippen LogP contribution in [0.25, 0.3) is 43.7 Å². The van der Waals surface area contributed by atoms with Gasteiger partial charge in [0.2, 0.25) is 0 Å². The largest absolute Gasteiger partial charge is 0.354 e. The Kier molecular flexibility index (Phi) is 3.39. The third-order valence-corrected chi connectivity index (χ3v) is 4.57. The molecule has 0 bridgehead atoms. The molecule has 0 unspecified atom stereocenters. The normalized spacial score (nSPS) is 11.1. The van der Waals surface area contributed by atoms with Gasteiger partial charge in [-0.25, -0.2) is 0 Å². The summed E-state index contributed by atoms with van der Waals surface area (Å²) in [7, 11) is 0. The Labute approximate surface area is 149 Å². The predicted octanol–water partition coefficient (Wildman–Crippen LogP) is 5.43. The molecule has 0 aliphatic carbocycles. The summed E-state index contributed by atoms with van der Waals surface area (Å²) in [5.41, 5.74) is 5.62. The Morgan fingerprint density at radius 2 is 1.19 bits per heavy atom. The first-order valence-electron chi connectivity index (χ1n) is 8.52. The summed E-state index contributed by atoms with van der Waals surface area (Å²) in [6, 6.07) is 22.5. The lowest BCUT2D eigenvalue weighted by Crippen LogP contribution is -1.70. The van der Waals surface area contributed by atoms with Gasteiger partial charge in [0.25, 0.3) is 0 Å². The van der Waals surface area contributed by atoms with Gasteiger partial charge in [-0.2, -0.15) is 0 Å². The van der Waals surface area contributed by atoms with Crippen LogP contribution in [0, 0.1) is 0 Å². The smallest absolute Gasteiger partial charge is 0.0957 e. The topological polar surface area (TPSA) is 57.4 Å². The molecule has 0 fully saturated rings. The molecule has 4 aromatic heterocycles. The molecule has 0 amide bonds. The summed E-state index contributed by atoms with van der Waals surface area (Å²) in [4.78, 5) is 15.1. The second kappa shape index (κ2) is 6.01. The van der Waals surface area contributed by atoms with Crippen LogP contribution in [0.5, 0.6) is 0 Å². The van der Waals surface area contributed by atoms with Crippen LogP contribution in [-0.2, 0) is 0 Å². The molecular weight excluding hydrogens is 320 g/mol. The molecule has 0 saturated heterocycles. The van der Waals surface area contributed by atoms with Gasteiger partial charge in [-0.1, -0.05) is 36.4 Å². The van der Waals surface area contributed by atoms with Gasteiger partial charge < -0.3 is 9.97 Å². The number of nitrogens with zero attached hydrogens (tertiary/aromatic N) is 2. The summed E-state index contributed by atoms with van der Waals surface area (Å²) >= 11 is 0. The van der Waals surface area contributed by atoms with E-state index in [9.17, 15) is 0 Å². The van der Waals surface area contributed by atoms with E-state index in [1.807, 2.05) is 54.9 Å². The SMILES string of the molecule is c1ccc2c(c1)[nH]c1cccnc12.c1ccc2c(c1)[nH]c1ccncc12. The number of hydrogen-bond acceptors (Lipinski definition) is 2. The van der Waals surface area contributed by atoms with Crippen LogP contribution in [0.15, 0.2) is 85.3 Å². The summed E-state index contributed by atoms with van der Waals surface area (Å²) in [6.45, 7) is 0. The van der Waals surface area contributed by atoms with Gasteiger partial charge in [-0.3, -0.25) is 9.97 Å². The maximum atomic E-state index is 4.34. The highest BCUT2D eigenvalue weighted by atomic mass is 14.8. The van der Waals surface area contributed by atoms with Crippen molar-refractivity contribution in [3.63, 3.8) is 0 Å². The van der Waals surface area contributed by atoms with Crippen molar-refractivity contribution in [2.75, 3.05) is 0 Å². The van der Waals surface area contributed by atoms with Gasteiger partial charge in [-0.15, -0.1) is 0 Å². The van der Waals surface area contributed by atoms with Gasteiger partial charge in [-0.05, 0) is 30.3 Å². The number of nitrogens with one attached hydrogen (secondary N) is 2. The Bertz CT molecular complexity index is 1140. The van der Waals surface area contributed by atoms with Crippen molar-refractivity contribution in [1.82, 2.24) is 19.9 Å². The monoisotopic (exact) mass is 336 g/mol. The van der Waals surface area contributed by atoms with Crippen LogP contribution in [-0.4, -0.2) is 19.9 Å². The average molecular weight is 336 g/mol. The zero-order chi connectivity index (χ0) is 17.3. The number of aromatic nitrogens is 4. The van der Waals surface area contributed by atoms with Crippen LogP contribution >= 0.6 is 0 Å². The zero-order valence-corrected chi connectivity index (χ0v) is 14.0. The minimum absolute atomic E-state index is 1.05. The highest BCUT2D eigenvalue weighted by Gasteiger charge is 2.02. The van der Waals surface area contributed by atoms with Crippen LogP contribution in [0.1, 0.15) is 0 Å². The van der Waals surface area contributed by atoms with E-state index < -0.39 is 0 Å². The lowest BCUT2D eigenvalue weighted by Gasteiger charge is -1.87. The summed E-state index contributed by atoms with van der Waals surface area (Å²) < 4.78 is 0. The van der Waals surface area contributed by atoms with E-state index in [1.54, 1.807) is 6.20 Å². The molecule has 0 atom stereocenters. The summed E-state index contributed by atoms with van der Waals surface area (Å²) in [6.07, 6.45) is 5.52.